The van der Waals surface area contributed by atoms with Crippen LogP contribution in [0.2, 0.25) is 0 Å². The molecule has 0 N–H and O–H groups in total. The predicted octanol–water partition coefficient (Wildman–Crippen LogP) is 3.00. The van der Waals surface area contributed by atoms with Crippen LogP contribution in [-0.4, -0.2) is 63.9 Å². The summed E-state index contributed by atoms with van der Waals surface area (Å²) >= 11 is 0. The van der Waals surface area contributed by atoms with Gasteiger partial charge in [-0.3, -0.25) is 4.79 Å². The number of benzene rings is 3. The van der Waals surface area contributed by atoms with Crippen molar-refractivity contribution in [3.05, 3.63) is 66.2 Å². The van der Waals surface area contributed by atoms with Gasteiger partial charge in [0.1, 0.15) is 0 Å². The van der Waals surface area contributed by atoms with Crippen molar-refractivity contribution in [3.63, 3.8) is 0 Å². The van der Waals surface area contributed by atoms with Crippen LogP contribution in [0.5, 0.6) is 11.5 Å². The topological polar surface area (TPSA) is 76.2 Å². The number of carbonyl (C=O) groups excluding carboxylic acids is 1. The Morgan fingerprint density at radius 1 is 0.806 bits per heavy atom. The first-order valence-electron chi connectivity index (χ1n) is 9.94. The molecule has 0 unspecified atom stereocenters. The lowest BCUT2D eigenvalue weighted by atomic mass is 10.1. The van der Waals surface area contributed by atoms with E-state index in [1.165, 1.54) is 18.5 Å². The molecule has 162 valence electrons. The molecule has 0 radical (unpaired) electrons. The minimum Gasteiger partial charge on any atom is -0.493 e. The van der Waals surface area contributed by atoms with Crippen molar-refractivity contribution in [1.29, 1.82) is 0 Å². The standard InChI is InChI=1S/C23H24N2O5S/c1-29-21-10-8-19(16-22(21)30-2)23(26)24-11-13-25(14-12-24)31(27,28)20-9-7-17-5-3-4-6-18(17)15-20/h3-10,15-16H,11-14H2,1-2H3. The second-order valence-corrected chi connectivity index (χ2v) is 9.21. The molecule has 1 aliphatic heterocycles. The van der Waals surface area contributed by atoms with Crippen LogP contribution in [0.1, 0.15) is 10.4 Å². The maximum atomic E-state index is 13.1. The summed E-state index contributed by atoms with van der Waals surface area (Å²) in [4.78, 5) is 14.8. The number of hydrogen-bond donors (Lipinski definition) is 0. The van der Waals surface area contributed by atoms with Crippen LogP contribution in [0, 0.1) is 0 Å². The summed E-state index contributed by atoms with van der Waals surface area (Å²) in [5.74, 6) is 0.861. The highest BCUT2D eigenvalue weighted by Gasteiger charge is 2.30. The van der Waals surface area contributed by atoms with Crippen LogP contribution in [0.15, 0.2) is 65.6 Å². The van der Waals surface area contributed by atoms with E-state index in [1.807, 2.05) is 30.3 Å². The third kappa shape index (κ3) is 4.08. The van der Waals surface area contributed by atoms with Gasteiger partial charge < -0.3 is 14.4 Å². The number of amides is 1. The van der Waals surface area contributed by atoms with Gasteiger partial charge in [-0.05, 0) is 41.1 Å². The van der Waals surface area contributed by atoms with E-state index in [0.717, 1.165) is 10.8 Å². The zero-order chi connectivity index (χ0) is 22.0. The normalized spacial score (nSPS) is 15.1. The van der Waals surface area contributed by atoms with Gasteiger partial charge in [0.15, 0.2) is 11.5 Å². The fraction of sp³-hybridized carbons (Fsp3) is 0.261. The van der Waals surface area contributed by atoms with Gasteiger partial charge in [0, 0.05) is 31.7 Å². The molecule has 0 aliphatic carbocycles. The average molecular weight is 441 g/mol. The molecule has 1 aliphatic rings. The maximum absolute atomic E-state index is 13.1. The van der Waals surface area contributed by atoms with Gasteiger partial charge in [0.2, 0.25) is 10.0 Å². The molecule has 1 fully saturated rings. The van der Waals surface area contributed by atoms with E-state index < -0.39 is 10.0 Å². The minimum absolute atomic E-state index is 0.163. The first-order valence-corrected chi connectivity index (χ1v) is 11.4. The Hall–Kier alpha value is -3.10. The van der Waals surface area contributed by atoms with Gasteiger partial charge in [-0.1, -0.05) is 30.3 Å². The molecule has 3 aromatic rings. The Labute approximate surface area is 181 Å². The van der Waals surface area contributed by atoms with E-state index >= 15 is 0 Å². The molecule has 0 saturated carbocycles. The Morgan fingerprint density at radius 3 is 2.16 bits per heavy atom. The highest BCUT2D eigenvalue weighted by atomic mass is 32.2. The quantitative estimate of drug-likeness (QED) is 0.610. The summed E-state index contributed by atoms with van der Waals surface area (Å²) in [6, 6.07) is 17.8. The second-order valence-electron chi connectivity index (χ2n) is 7.28. The van der Waals surface area contributed by atoms with Crippen molar-refractivity contribution in [2.24, 2.45) is 0 Å². The van der Waals surface area contributed by atoms with Crippen LogP contribution >= 0.6 is 0 Å². The van der Waals surface area contributed by atoms with Crippen LogP contribution in [-0.2, 0) is 10.0 Å². The summed E-state index contributed by atoms with van der Waals surface area (Å²) in [5.41, 5.74) is 0.475. The van der Waals surface area contributed by atoms with Gasteiger partial charge in [-0.25, -0.2) is 8.42 Å². The minimum atomic E-state index is -3.63. The number of sulfonamides is 1. The number of carbonyl (C=O) groups is 1. The molecule has 1 amide bonds. The van der Waals surface area contributed by atoms with Crippen molar-refractivity contribution >= 4 is 26.7 Å². The molecule has 0 aromatic heterocycles. The first kappa shape index (κ1) is 21.1. The number of fused-ring (bicyclic) bond motifs is 1. The molecule has 0 spiro atoms. The number of piperazine rings is 1. The monoisotopic (exact) mass is 440 g/mol. The molecular weight excluding hydrogens is 416 g/mol. The molecule has 1 saturated heterocycles. The fourth-order valence-corrected chi connectivity index (χ4v) is 5.22. The highest BCUT2D eigenvalue weighted by Crippen LogP contribution is 2.28. The Kier molecular flexibility index (Phi) is 5.84. The van der Waals surface area contributed by atoms with Gasteiger partial charge in [0.05, 0.1) is 19.1 Å². The predicted molar refractivity (Wildman–Crippen MR) is 118 cm³/mol. The summed E-state index contributed by atoms with van der Waals surface area (Å²) < 4.78 is 38.2. The van der Waals surface area contributed by atoms with Crippen molar-refractivity contribution in [2.45, 2.75) is 4.90 Å². The molecular formula is C23H24N2O5S. The lowest BCUT2D eigenvalue weighted by Crippen LogP contribution is -2.50. The Bertz CT molecular complexity index is 1220. The van der Waals surface area contributed by atoms with Gasteiger partial charge in [0.25, 0.3) is 5.91 Å². The van der Waals surface area contributed by atoms with Crippen molar-refractivity contribution in [2.75, 3.05) is 40.4 Å². The molecule has 31 heavy (non-hydrogen) atoms. The summed E-state index contributed by atoms with van der Waals surface area (Å²) in [5, 5.41) is 1.87. The van der Waals surface area contributed by atoms with Crippen LogP contribution < -0.4 is 9.47 Å². The zero-order valence-corrected chi connectivity index (χ0v) is 18.3. The van der Waals surface area contributed by atoms with Gasteiger partial charge in [-0.15, -0.1) is 0 Å². The smallest absolute Gasteiger partial charge is 0.254 e. The summed E-state index contributed by atoms with van der Waals surface area (Å²) in [7, 11) is -0.575. The number of methoxy groups -OCH3 is 2. The average Bonchev–Trinajstić information content (AvgIpc) is 2.82. The van der Waals surface area contributed by atoms with Crippen LogP contribution in [0.3, 0.4) is 0 Å². The number of hydrogen-bond acceptors (Lipinski definition) is 5. The first-order chi connectivity index (χ1) is 14.9. The Balaban J connectivity index is 1.48. The molecule has 4 rings (SSSR count). The van der Waals surface area contributed by atoms with Crippen LogP contribution in [0.4, 0.5) is 0 Å². The van der Waals surface area contributed by atoms with E-state index in [4.69, 9.17) is 9.47 Å². The Morgan fingerprint density at radius 2 is 1.48 bits per heavy atom. The highest BCUT2D eigenvalue weighted by molar-refractivity contribution is 7.89. The molecule has 8 heteroatoms. The largest absolute Gasteiger partial charge is 0.493 e. The third-order valence-electron chi connectivity index (χ3n) is 5.52. The van der Waals surface area contributed by atoms with Gasteiger partial charge >= 0.3 is 0 Å². The van der Waals surface area contributed by atoms with Crippen molar-refractivity contribution in [3.8, 4) is 11.5 Å². The van der Waals surface area contributed by atoms with Crippen molar-refractivity contribution < 1.29 is 22.7 Å². The van der Waals surface area contributed by atoms with E-state index in [0.29, 0.717) is 30.2 Å². The van der Waals surface area contributed by atoms with E-state index in [9.17, 15) is 13.2 Å². The third-order valence-corrected chi connectivity index (χ3v) is 7.41. The number of rotatable bonds is 5. The second kappa shape index (κ2) is 8.56. The van der Waals surface area contributed by atoms with Gasteiger partial charge in [-0.2, -0.15) is 4.31 Å². The molecule has 3 aromatic carbocycles. The maximum Gasteiger partial charge on any atom is 0.254 e. The molecule has 1 heterocycles. The van der Waals surface area contributed by atoms with E-state index in [2.05, 4.69) is 0 Å². The van der Waals surface area contributed by atoms with Crippen LogP contribution in [0.25, 0.3) is 10.8 Å². The molecule has 7 nitrogen and oxygen atoms in total. The van der Waals surface area contributed by atoms with E-state index in [-0.39, 0.29) is 23.9 Å². The van der Waals surface area contributed by atoms with E-state index in [1.54, 1.807) is 35.2 Å². The SMILES string of the molecule is COc1ccc(C(=O)N2CCN(S(=O)(=O)c3ccc4ccccc4c3)CC2)cc1OC. The zero-order valence-electron chi connectivity index (χ0n) is 17.4. The summed E-state index contributed by atoms with van der Waals surface area (Å²) in [6.45, 7) is 1.13. The molecule has 0 bridgehead atoms. The summed E-state index contributed by atoms with van der Waals surface area (Å²) in [6.07, 6.45) is 0. The lowest BCUT2D eigenvalue weighted by molar-refractivity contribution is 0.0697. The fourth-order valence-electron chi connectivity index (χ4n) is 3.76. The number of nitrogens with zero attached hydrogens (tertiary/aromatic N) is 2. The van der Waals surface area contributed by atoms with Crippen molar-refractivity contribution in [1.82, 2.24) is 9.21 Å². The lowest BCUT2D eigenvalue weighted by Gasteiger charge is -2.34. The molecule has 0 atom stereocenters. The number of ether oxygens (including phenoxy) is 2.